The highest BCUT2D eigenvalue weighted by atomic mass is 16.5. The first-order chi connectivity index (χ1) is 7.68. The zero-order valence-electron chi connectivity index (χ0n) is 10.3. The molecule has 2 aliphatic rings. The van der Waals surface area contributed by atoms with Crippen molar-refractivity contribution in [2.75, 3.05) is 33.4 Å². The van der Waals surface area contributed by atoms with Gasteiger partial charge in [-0.25, -0.2) is 0 Å². The molecule has 4 nitrogen and oxygen atoms in total. The predicted octanol–water partition coefficient (Wildman–Crippen LogP) is 0.493. The molecule has 2 fully saturated rings. The lowest BCUT2D eigenvalue weighted by Gasteiger charge is -2.34. The van der Waals surface area contributed by atoms with E-state index in [1.54, 1.807) is 0 Å². The molecule has 2 saturated heterocycles. The van der Waals surface area contributed by atoms with Crippen molar-refractivity contribution < 1.29 is 14.6 Å². The second kappa shape index (κ2) is 5.45. The van der Waals surface area contributed by atoms with Crippen molar-refractivity contribution in [3.05, 3.63) is 0 Å². The number of aliphatic hydroxyl groups excluding tert-OH is 1. The summed E-state index contributed by atoms with van der Waals surface area (Å²) in [5.74, 6) is 0.256. The van der Waals surface area contributed by atoms with Gasteiger partial charge >= 0.3 is 0 Å². The van der Waals surface area contributed by atoms with Crippen molar-refractivity contribution in [2.45, 2.75) is 38.0 Å². The van der Waals surface area contributed by atoms with Crippen molar-refractivity contribution >= 4 is 0 Å². The Morgan fingerprint density at radius 3 is 2.75 bits per heavy atom. The van der Waals surface area contributed by atoms with Gasteiger partial charge in [-0.05, 0) is 26.8 Å². The molecule has 2 aliphatic heterocycles. The van der Waals surface area contributed by atoms with Gasteiger partial charge in [0.05, 0.1) is 18.8 Å². The van der Waals surface area contributed by atoms with Crippen LogP contribution in [0.2, 0.25) is 0 Å². The van der Waals surface area contributed by atoms with Crippen molar-refractivity contribution in [3.8, 4) is 0 Å². The van der Waals surface area contributed by atoms with Crippen LogP contribution in [0.5, 0.6) is 0 Å². The van der Waals surface area contributed by atoms with Crippen molar-refractivity contribution in [1.29, 1.82) is 0 Å². The molecule has 0 radical (unpaired) electrons. The zero-order chi connectivity index (χ0) is 11.5. The van der Waals surface area contributed by atoms with Gasteiger partial charge in [-0.3, -0.25) is 0 Å². The molecule has 0 spiro atoms. The molecule has 2 heterocycles. The third kappa shape index (κ3) is 2.74. The van der Waals surface area contributed by atoms with Crippen LogP contribution in [0.25, 0.3) is 0 Å². The van der Waals surface area contributed by atoms with E-state index in [1.165, 1.54) is 0 Å². The van der Waals surface area contributed by atoms with Crippen molar-refractivity contribution in [2.24, 2.45) is 5.92 Å². The molecule has 4 unspecified atom stereocenters. The van der Waals surface area contributed by atoms with Gasteiger partial charge in [0.15, 0.2) is 0 Å². The van der Waals surface area contributed by atoms with Crippen LogP contribution in [0.1, 0.15) is 19.8 Å². The van der Waals surface area contributed by atoms with Gasteiger partial charge in [0.2, 0.25) is 0 Å². The maximum absolute atomic E-state index is 9.89. The predicted molar refractivity (Wildman–Crippen MR) is 61.4 cm³/mol. The molecule has 2 rings (SSSR count). The summed E-state index contributed by atoms with van der Waals surface area (Å²) in [6, 6.07) is 0.495. The lowest BCUT2D eigenvalue weighted by atomic mass is 9.97. The minimum atomic E-state index is -0.200. The van der Waals surface area contributed by atoms with Gasteiger partial charge in [0, 0.05) is 31.7 Å². The van der Waals surface area contributed by atoms with Gasteiger partial charge in [-0.2, -0.15) is 0 Å². The fraction of sp³-hybridized carbons (Fsp3) is 1.00. The number of hydrogen-bond donors (Lipinski definition) is 1. The third-order valence-electron chi connectivity index (χ3n) is 3.86. The van der Waals surface area contributed by atoms with Crippen molar-refractivity contribution in [1.82, 2.24) is 4.90 Å². The minimum absolute atomic E-state index is 0.200. The molecule has 0 saturated carbocycles. The first-order valence-electron chi connectivity index (χ1n) is 6.26. The van der Waals surface area contributed by atoms with Gasteiger partial charge in [-0.1, -0.05) is 0 Å². The molecule has 0 aliphatic carbocycles. The zero-order valence-corrected chi connectivity index (χ0v) is 10.3. The van der Waals surface area contributed by atoms with E-state index in [9.17, 15) is 5.11 Å². The van der Waals surface area contributed by atoms with Crippen molar-refractivity contribution in [3.63, 3.8) is 0 Å². The third-order valence-corrected chi connectivity index (χ3v) is 3.86. The maximum Gasteiger partial charge on any atom is 0.0702 e. The van der Waals surface area contributed by atoms with Gasteiger partial charge < -0.3 is 19.5 Å². The topological polar surface area (TPSA) is 41.9 Å². The van der Waals surface area contributed by atoms with E-state index >= 15 is 0 Å². The average Bonchev–Trinajstić information content (AvgIpc) is 2.68. The second-order valence-corrected chi connectivity index (χ2v) is 5.06. The minimum Gasteiger partial charge on any atom is -0.393 e. The monoisotopic (exact) mass is 229 g/mol. The molecule has 0 aromatic heterocycles. The Morgan fingerprint density at radius 2 is 2.12 bits per heavy atom. The summed E-state index contributed by atoms with van der Waals surface area (Å²) in [5, 5.41) is 9.89. The highest BCUT2D eigenvalue weighted by molar-refractivity contribution is 4.83. The van der Waals surface area contributed by atoms with Crippen LogP contribution in [0, 0.1) is 5.92 Å². The van der Waals surface area contributed by atoms with E-state index in [0.717, 1.165) is 26.0 Å². The van der Waals surface area contributed by atoms with Crippen LogP contribution >= 0.6 is 0 Å². The van der Waals surface area contributed by atoms with Crippen LogP contribution in [0.15, 0.2) is 0 Å². The molecule has 94 valence electrons. The van der Waals surface area contributed by atoms with E-state index in [-0.39, 0.29) is 12.0 Å². The number of ether oxygens (including phenoxy) is 2. The van der Waals surface area contributed by atoms with Gasteiger partial charge in [0.25, 0.3) is 0 Å². The Labute approximate surface area is 97.5 Å². The fourth-order valence-corrected chi connectivity index (χ4v) is 2.76. The molecule has 4 atom stereocenters. The largest absolute Gasteiger partial charge is 0.393 e. The molecule has 1 N–H and O–H groups in total. The first-order valence-corrected chi connectivity index (χ1v) is 6.26. The summed E-state index contributed by atoms with van der Waals surface area (Å²) >= 11 is 0. The molecule has 0 aromatic carbocycles. The Morgan fingerprint density at radius 1 is 1.31 bits per heavy atom. The molecule has 0 bridgehead atoms. The molecular weight excluding hydrogens is 206 g/mol. The Bertz CT molecular complexity index is 224. The number of rotatable bonds is 3. The first kappa shape index (κ1) is 12.3. The molecule has 16 heavy (non-hydrogen) atoms. The highest BCUT2D eigenvalue weighted by Gasteiger charge is 2.31. The normalized spacial score (nSPS) is 40.5. The average molecular weight is 229 g/mol. The van der Waals surface area contributed by atoms with E-state index in [4.69, 9.17) is 9.47 Å². The summed E-state index contributed by atoms with van der Waals surface area (Å²) < 4.78 is 11.0. The summed E-state index contributed by atoms with van der Waals surface area (Å²) in [4.78, 5) is 2.32. The van der Waals surface area contributed by atoms with Gasteiger partial charge in [-0.15, -0.1) is 0 Å². The SMILES string of the molecule is CC1OCCC1N(C)CC1COCCC1O. The summed E-state index contributed by atoms with van der Waals surface area (Å²) in [5.41, 5.74) is 0. The molecular formula is C12H23NO3. The highest BCUT2D eigenvalue weighted by Crippen LogP contribution is 2.22. The van der Waals surface area contributed by atoms with Crippen LogP contribution in [0.3, 0.4) is 0 Å². The molecule has 4 heteroatoms. The van der Waals surface area contributed by atoms with Crippen LogP contribution in [0.4, 0.5) is 0 Å². The molecule has 0 amide bonds. The Kier molecular flexibility index (Phi) is 4.19. The summed E-state index contributed by atoms with van der Waals surface area (Å²) in [6.07, 6.45) is 1.98. The Hall–Kier alpha value is -0.160. The smallest absolute Gasteiger partial charge is 0.0702 e. The van der Waals surface area contributed by atoms with E-state index < -0.39 is 0 Å². The van der Waals surface area contributed by atoms with Gasteiger partial charge in [0.1, 0.15) is 0 Å². The van der Waals surface area contributed by atoms with Crippen LogP contribution in [-0.4, -0.2) is 61.7 Å². The lowest BCUT2D eigenvalue weighted by molar-refractivity contribution is -0.0502. The summed E-state index contributed by atoms with van der Waals surface area (Å²) in [7, 11) is 2.12. The standard InChI is InChI=1S/C12H23NO3/c1-9-11(3-6-16-9)13(2)7-10-8-15-5-4-12(10)14/h9-12,14H,3-8H2,1-2H3. The van der Waals surface area contributed by atoms with Crippen LogP contribution in [-0.2, 0) is 9.47 Å². The van der Waals surface area contributed by atoms with E-state index in [0.29, 0.717) is 25.4 Å². The lowest BCUT2D eigenvalue weighted by Crippen LogP contribution is -2.45. The van der Waals surface area contributed by atoms with E-state index in [2.05, 4.69) is 18.9 Å². The number of nitrogens with zero attached hydrogens (tertiary/aromatic N) is 1. The van der Waals surface area contributed by atoms with E-state index in [1.807, 2.05) is 0 Å². The quantitative estimate of drug-likeness (QED) is 0.765. The van der Waals surface area contributed by atoms with Crippen LogP contribution < -0.4 is 0 Å². The molecule has 0 aromatic rings. The second-order valence-electron chi connectivity index (χ2n) is 5.06. The summed E-state index contributed by atoms with van der Waals surface area (Å²) in [6.45, 7) is 5.28. The Balaban J connectivity index is 1.83. The number of likely N-dealkylation sites (N-methyl/N-ethyl adjacent to an activating group) is 1. The number of aliphatic hydroxyl groups is 1. The number of hydrogen-bond acceptors (Lipinski definition) is 4. The fourth-order valence-electron chi connectivity index (χ4n) is 2.76. The maximum atomic E-state index is 9.89.